The van der Waals surface area contributed by atoms with Crippen molar-refractivity contribution in [3.05, 3.63) is 70.0 Å². The summed E-state index contributed by atoms with van der Waals surface area (Å²) in [5.74, 6) is -0.231. The summed E-state index contributed by atoms with van der Waals surface area (Å²) in [5, 5.41) is 14.3. The summed E-state index contributed by atoms with van der Waals surface area (Å²) < 4.78 is 32.0. The van der Waals surface area contributed by atoms with Gasteiger partial charge < -0.3 is 4.52 Å². The highest BCUT2D eigenvalue weighted by Gasteiger charge is 2.22. The molecule has 14 heteroatoms. The number of hydrogen-bond donors (Lipinski definition) is 2. The maximum Gasteiger partial charge on any atom is 0.270 e. The molecule has 0 fully saturated rings. The predicted octanol–water partition coefficient (Wildman–Crippen LogP) is 3.63. The normalized spacial score (nSPS) is 11.4. The van der Waals surface area contributed by atoms with Crippen LogP contribution >= 0.6 is 34.5 Å². The summed E-state index contributed by atoms with van der Waals surface area (Å²) in [6, 6.07) is 13.2. The van der Waals surface area contributed by atoms with E-state index in [0.29, 0.717) is 21.9 Å². The highest BCUT2D eigenvalue weighted by atomic mass is 35.5. The van der Waals surface area contributed by atoms with Crippen molar-refractivity contribution in [3.8, 4) is 11.4 Å². The Balaban J connectivity index is 1.41. The molecule has 0 saturated carbocycles. The Bertz CT molecular complexity index is 1390. The van der Waals surface area contributed by atoms with E-state index in [4.69, 9.17) is 27.7 Å². The van der Waals surface area contributed by atoms with Crippen LogP contribution in [0.2, 0.25) is 10.0 Å². The first-order valence-electron chi connectivity index (χ1n) is 8.79. The van der Waals surface area contributed by atoms with Gasteiger partial charge in [-0.15, -0.1) is 10.2 Å². The maximum atomic E-state index is 12.5. The van der Waals surface area contributed by atoms with Crippen molar-refractivity contribution < 1.29 is 17.7 Å². The quantitative estimate of drug-likeness (QED) is 0.359. The highest BCUT2D eigenvalue weighted by Crippen LogP contribution is 2.23. The zero-order valence-corrected chi connectivity index (χ0v) is 19.0. The largest absolute Gasteiger partial charge is 0.338 e. The van der Waals surface area contributed by atoms with Gasteiger partial charge in [0, 0.05) is 10.6 Å². The molecular formula is C18H12Cl2N6O4S2. The lowest BCUT2D eigenvalue weighted by Gasteiger charge is -2.02. The molecule has 0 aliphatic heterocycles. The van der Waals surface area contributed by atoms with Crippen LogP contribution in [0.3, 0.4) is 0 Å². The summed E-state index contributed by atoms with van der Waals surface area (Å²) in [4.78, 5) is 16.4. The van der Waals surface area contributed by atoms with E-state index < -0.39 is 15.9 Å². The average molecular weight is 511 g/mol. The fourth-order valence-electron chi connectivity index (χ4n) is 2.47. The Morgan fingerprint density at radius 2 is 1.91 bits per heavy atom. The number of sulfonamides is 1. The van der Waals surface area contributed by atoms with Crippen LogP contribution in [0.5, 0.6) is 0 Å². The molecule has 32 heavy (non-hydrogen) atoms. The van der Waals surface area contributed by atoms with Crippen molar-refractivity contribution in [2.75, 3.05) is 5.32 Å². The molecule has 4 aromatic rings. The molecule has 0 saturated heterocycles. The van der Waals surface area contributed by atoms with E-state index in [9.17, 15) is 13.2 Å². The van der Waals surface area contributed by atoms with Gasteiger partial charge in [0.2, 0.25) is 21.2 Å². The smallest absolute Gasteiger partial charge is 0.270 e. The minimum absolute atomic E-state index is 0.00340. The molecule has 0 radical (unpaired) electrons. The molecule has 10 nitrogen and oxygen atoms in total. The third-order valence-corrected chi connectivity index (χ3v) is 7.11. The van der Waals surface area contributed by atoms with E-state index in [2.05, 4.69) is 30.4 Å². The molecule has 0 aliphatic rings. The highest BCUT2D eigenvalue weighted by molar-refractivity contribution is 7.91. The van der Waals surface area contributed by atoms with Crippen molar-refractivity contribution in [2.45, 2.75) is 10.9 Å². The first-order valence-corrected chi connectivity index (χ1v) is 11.8. The summed E-state index contributed by atoms with van der Waals surface area (Å²) in [5.41, 5.74) is 0.845. The minimum atomic E-state index is -4.04. The fourth-order valence-corrected chi connectivity index (χ4v) is 4.79. The first-order chi connectivity index (χ1) is 15.3. The van der Waals surface area contributed by atoms with Crippen LogP contribution in [-0.4, -0.2) is 34.7 Å². The average Bonchev–Trinajstić information content (AvgIpc) is 3.43. The second-order valence-electron chi connectivity index (χ2n) is 6.15. The third-order valence-electron chi connectivity index (χ3n) is 3.94. The van der Waals surface area contributed by atoms with Crippen molar-refractivity contribution in [1.82, 2.24) is 25.1 Å². The van der Waals surface area contributed by atoms with Gasteiger partial charge in [0.05, 0.1) is 17.1 Å². The van der Waals surface area contributed by atoms with Crippen LogP contribution in [0.25, 0.3) is 11.4 Å². The summed E-state index contributed by atoms with van der Waals surface area (Å²) >= 11 is 12.6. The lowest BCUT2D eigenvalue weighted by molar-refractivity contribution is 0.102. The predicted molar refractivity (Wildman–Crippen MR) is 118 cm³/mol. The van der Waals surface area contributed by atoms with Crippen molar-refractivity contribution in [2.24, 2.45) is 0 Å². The number of halogens is 2. The second kappa shape index (κ2) is 9.30. The molecule has 2 N–H and O–H groups in total. The Labute approximate surface area is 195 Å². The number of aromatic nitrogens is 4. The number of nitrogens with zero attached hydrogens (tertiary/aromatic N) is 4. The summed E-state index contributed by atoms with van der Waals surface area (Å²) in [6.07, 6.45) is 0. The maximum absolute atomic E-state index is 12.5. The molecule has 0 atom stereocenters. The number of hydrogen-bond acceptors (Lipinski definition) is 9. The lowest BCUT2D eigenvalue weighted by atomic mass is 10.2. The van der Waals surface area contributed by atoms with Crippen molar-refractivity contribution in [3.63, 3.8) is 0 Å². The van der Waals surface area contributed by atoms with E-state index in [0.717, 1.165) is 0 Å². The lowest BCUT2D eigenvalue weighted by Crippen LogP contribution is -2.23. The van der Waals surface area contributed by atoms with Gasteiger partial charge in [0.25, 0.3) is 15.9 Å². The van der Waals surface area contributed by atoms with Crippen LogP contribution in [-0.2, 0) is 16.6 Å². The van der Waals surface area contributed by atoms with E-state index in [1.54, 1.807) is 42.5 Å². The number of carbonyl (C=O) groups excluding carboxylic acids is 1. The SMILES string of the molecule is O=C(Nc1nnc(S(=O)(=O)NCc2nc(-c3cccc(Cl)c3)no2)s1)c1ccccc1Cl. The first kappa shape index (κ1) is 22.3. The van der Waals surface area contributed by atoms with Crippen LogP contribution in [0, 0.1) is 0 Å². The van der Waals surface area contributed by atoms with Crippen LogP contribution in [0.15, 0.2) is 57.4 Å². The van der Waals surface area contributed by atoms with Crippen LogP contribution < -0.4 is 10.0 Å². The second-order valence-corrected chi connectivity index (χ2v) is 9.92. The van der Waals surface area contributed by atoms with Crippen LogP contribution in [0.4, 0.5) is 5.13 Å². The molecule has 1 amide bonds. The molecule has 164 valence electrons. The molecule has 2 heterocycles. The summed E-state index contributed by atoms with van der Waals surface area (Å²) in [7, 11) is -4.04. The molecule has 0 bridgehead atoms. The fraction of sp³-hybridized carbons (Fsp3) is 0.0556. The Morgan fingerprint density at radius 3 is 2.69 bits per heavy atom. The number of benzene rings is 2. The van der Waals surface area contributed by atoms with Gasteiger partial charge >= 0.3 is 0 Å². The van der Waals surface area contributed by atoms with E-state index >= 15 is 0 Å². The van der Waals surface area contributed by atoms with Gasteiger partial charge in [-0.25, -0.2) is 8.42 Å². The Kier molecular flexibility index (Phi) is 6.48. The van der Waals surface area contributed by atoms with Crippen molar-refractivity contribution in [1.29, 1.82) is 0 Å². The van der Waals surface area contributed by atoms with E-state index in [1.165, 1.54) is 6.07 Å². The zero-order chi connectivity index (χ0) is 22.7. The number of anilines is 1. The standard InChI is InChI=1S/C18H12Cl2N6O4S2/c19-11-5-3-4-10(8-11)15-22-14(30-26-15)9-21-32(28,29)18-25-24-17(31-18)23-16(27)12-6-1-2-7-13(12)20/h1-8,21H,9H2,(H,23,24,27). The van der Waals surface area contributed by atoms with Crippen LogP contribution in [0.1, 0.15) is 16.2 Å². The monoisotopic (exact) mass is 510 g/mol. The van der Waals surface area contributed by atoms with E-state index in [-0.39, 0.29) is 38.3 Å². The van der Waals surface area contributed by atoms with Gasteiger partial charge in [-0.1, -0.05) is 64.0 Å². The number of nitrogens with one attached hydrogen (secondary N) is 2. The number of amides is 1. The van der Waals surface area contributed by atoms with Crippen molar-refractivity contribution >= 4 is 55.6 Å². The Morgan fingerprint density at radius 1 is 1.09 bits per heavy atom. The van der Waals surface area contributed by atoms with E-state index in [1.807, 2.05) is 0 Å². The van der Waals surface area contributed by atoms with Gasteiger partial charge in [-0.2, -0.15) is 9.71 Å². The van der Waals surface area contributed by atoms with Gasteiger partial charge in [0.15, 0.2) is 0 Å². The minimum Gasteiger partial charge on any atom is -0.338 e. The molecule has 2 aromatic heterocycles. The zero-order valence-electron chi connectivity index (χ0n) is 15.8. The van der Waals surface area contributed by atoms with Gasteiger partial charge in [-0.3, -0.25) is 10.1 Å². The summed E-state index contributed by atoms with van der Waals surface area (Å²) in [6.45, 7) is -0.267. The molecule has 0 aliphatic carbocycles. The molecular weight excluding hydrogens is 499 g/mol. The molecule has 0 unspecified atom stereocenters. The topological polar surface area (TPSA) is 140 Å². The molecule has 0 spiro atoms. The van der Waals surface area contributed by atoms with Gasteiger partial charge in [0.1, 0.15) is 0 Å². The number of carbonyl (C=O) groups is 1. The van der Waals surface area contributed by atoms with Gasteiger partial charge in [-0.05, 0) is 24.3 Å². The Hall–Kier alpha value is -2.90. The number of rotatable bonds is 7. The third kappa shape index (κ3) is 5.11. The molecule has 2 aromatic carbocycles. The molecule has 4 rings (SSSR count).